The number of rotatable bonds is 8. The van der Waals surface area contributed by atoms with E-state index in [9.17, 15) is 21.6 Å². The van der Waals surface area contributed by atoms with E-state index in [0.29, 0.717) is 6.42 Å². The number of carbonyl (C=O) groups excluding carboxylic acids is 1. The molecule has 7 heteroatoms. The summed E-state index contributed by atoms with van der Waals surface area (Å²) in [5, 5.41) is -2.27. The third-order valence-corrected chi connectivity index (χ3v) is 8.07. The van der Waals surface area contributed by atoms with Gasteiger partial charge in [0.15, 0.2) is 30.5 Å². The first-order chi connectivity index (χ1) is 9.73. The summed E-state index contributed by atoms with van der Waals surface area (Å²) in [7, 11) is -7.74. The molecule has 5 nitrogen and oxygen atoms in total. The first-order valence-electron chi connectivity index (χ1n) is 6.74. The molecular weight excluding hydrogens is 312 g/mol. The van der Waals surface area contributed by atoms with Gasteiger partial charge in [0.05, 0.1) is 0 Å². The van der Waals surface area contributed by atoms with Crippen LogP contribution in [-0.2, 0) is 19.7 Å². The molecule has 1 atom stereocenters. The van der Waals surface area contributed by atoms with Crippen molar-refractivity contribution in [3.8, 4) is 0 Å². The molecule has 1 unspecified atom stereocenters. The van der Waals surface area contributed by atoms with Gasteiger partial charge in [0.1, 0.15) is 5.25 Å². The quantitative estimate of drug-likeness (QED) is 0.678. The van der Waals surface area contributed by atoms with Crippen molar-refractivity contribution < 1.29 is 21.6 Å². The monoisotopic (exact) mass is 332 g/mol. The fourth-order valence-corrected chi connectivity index (χ4v) is 6.32. The second-order valence-electron chi connectivity index (χ2n) is 4.82. The van der Waals surface area contributed by atoms with Gasteiger partial charge < -0.3 is 0 Å². The first-order valence-corrected chi connectivity index (χ1v) is 10.3. The van der Waals surface area contributed by atoms with Crippen LogP contribution < -0.4 is 0 Å². The molecule has 0 aliphatic rings. The Kier molecular flexibility index (Phi) is 6.10. The molecule has 0 aromatic heterocycles. The summed E-state index contributed by atoms with van der Waals surface area (Å²) < 4.78 is 47.8. The van der Waals surface area contributed by atoms with E-state index in [1.807, 2.05) is 0 Å². The Morgan fingerprint density at radius 2 is 1.62 bits per heavy atom. The van der Waals surface area contributed by atoms with Gasteiger partial charge in [-0.1, -0.05) is 50.6 Å². The molecule has 0 saturated heterocycles. The predicted octanol–water partition coefficient (Wildman–Crippen LogP) is 1.85. The van der Waals surface area contributed by atoms with E-state index in [2.05, 4.69) is 0 Å². The largest absolute Gasteiger partial charge is 0.293 e. The van der Waals surface area contributed by atoms with Gasteiger partial charge in [-0.05, 0) is 6.42 Å². The van der Waals surface area contributed by atoms with Crippen LogP contribution in [0, 0.1) is 0 Å². The molecular formula is C14H20O5S2. The van der Waals surface area contributed by atoms with E-state index < -0.39 is 35.8 Å². The maximum atomic E-state index is 12.4. The van der Waals surface area contributed by atoms with Gasteiger partial charge >= 0.3 is 0 Å². The van der Waals surface area contributed by atoms with Gasteiger partial charge in [-0.15, -0.1) is 0 Å². The second kappa shape index (κ2) is 7.17. The lowest BCUT2D eigenvalue weighted by atomic mass is 10.1. The van der Waals surface area contributed by atoms with Gasteiger partial charge in [0, 0.05) is 11.3 Å². The number of ketones is 1. The molecule has 0 bridgehead atoms. The number of Topliss-reactive ketones (excluding diaryl/α,β-unsaturated/α-hetero) is 1. The van der Waals surface area contributed by atoms with Crippen LogP contribution in [0.2, 0.25) is 0 Å². The molecule has 1 rings (SSSR count). The minimum Gasteiger partial charge on any atom is -0.293 e. The Balaban J connectivity index is 3.15. The molecule has 0 N–H and O–H groups in total. The minimum absolute atomic E-state index is 0.120. The van der Waals surface area contributed by atoms with Crippen LogP contribution in [0.1, 0.15) is 37.0 Å². The highest BCUT2D eigenvalue weighted by molar-refractivity contribution is 8.08. The van der Waals surface area contributed by atoms with Crippen molar-refractivity contribution in [2.45, 2.75) is 31.9 Å². The highest BCUT2D eigenvalue weighted by atomic mass is 32.3. The zero-order chi connectivity index (χ0) is 16.1. The van der Waals surface area contributed by atoms with E-state index >= 15 is 0 Å². The summed E-state index contributed by atoms with van der Waals surface area (Å²) in [6.45, 7) is 3.15. The maximum absolute atomic E-state index is 12.4. The summed E-state index contributed by atoms with van der Waals surface area (Å²) >= 11 is 0. The normalized spacial score (nSPS) is 13.8. The molecule has 118 valence electrons. The highest BCUT2D eigenvalue weighted by Gasteiger charge is 2.35. The lowest BCUT2D eigenvalue weighted by molar-refractivity contribution is 0.0983. The van der Waals surface area contributed by atoms with Gasteiger partial charge in [-0.3, -0.25) is 4.79 Å². The second-order valence-corrected chi connectivity index (χ2v) is 9.72. The smallest absolute Gasteiger partial charge is 0.180 e. The molecule has 0 heterocycles. The van der Waals surface area contributed by atoms with Crippen LogP contribution in [0.25, 0.3) is 0 Å². The van der Waals surface area contributed by atoms with Gasteiger partial charge in [-0.25, -0.2) is 16.8 Å². The predicted molar refractivity (Wildman–Crippen MR) is 82.7 cm³/mol. The van der Waals surface area contributed by atoms with E-state index in [1.54, 1.807) is 25.1 Å². The van der Waals surface area contributed by atoms with Crippen LogP contribution in [0.4, 0.5) is 0 Å². The van der Waals surface area contributed by atoms with Crippen molar-refractivity contribution >= 4 is 25.5 Å². The molecule has 0 aliphatic heterocycles. The van der Waals surface area contributed by atoms with E-state index in [1.165, 1.54) is 19.1 Å². The van der Waals surface area contributed by atoms with Gasteiger partial charge in [0.2, 0.25) is 0 Å². The Bertz CT molecular complexity index is 675. The zero-order valence-corrected chi connectivity index (χ0v) is 13.8. The van der Waals surface area contributed by atoms with Crippen LogP contribution >= 0.6 is 0 Å². The van der Waals surface area contributed by atoms with Crippen LogP contribution in [0.15, 0.2) is 30.3 Å². The topological polar surface area (TPSA) is 85.3 Å². The Morgan fingerprint density at radius 3 is 2.10 bits per heavy atom. The lowest BCUT2D eigenvalue weighted by Crippen LogP contribution is -2.35. The van der Waals surface area contributed by atoms with Crippen molar-refractivity contribution in [3.63, 3.8) is 0 Å². The molecule has 0 radical (unpaired) electrons. The van der Waals surface area contributed by atoms with Crippen molar-refractivity contribution in [2.75, 3.05) is 10.8 Å². The Morgan fingerprint density at radius 1 is 1.05 bits per heavy atom. The fourth-order valence-electron chi connectivity index (χ4n) is 1.94. The molecule has 0 spiro atoms. The molecule has 1 aromatic rings. The number of hydrogen-bond donors (Lipinski definition) is 0. The molecule has 0 saturated carbocycles. The van der Waals surface area contributed by atoms with E-state index in [0.717, 1.165) is 0 Å². The zero-order valence-electron chi connectivity index (χ0n) is 12.2. The van der Waals surface area contributed by atoms with Crippen molar-refractivity contribution in [2.24, 2.45) is 0 Å². The first kappa shape index (κ1) is 17.8. The lowest BCUT2D eigenvalue weighted by Gasteiger charge is -2.16. The number of sulfone groups is 2. The third kappa shape index (κ3) is 4.93. The standard InChI is InChI=1S/C14H20O5S2/c1-3-8-13(14(15)12-9-6-5-7-10-12)21(18,19)11-20(16,17)4-2/h5-7,9-10,13H,3-4,8,11H2,1-2H3. The number of benzene rings is 1. The molecule has 0 amide bonds. The van der Waals surface area contributed by atoms with Crippen molar-refractivity contribution in [1.82, 2.24) is 0 Å². The third-order valence-electron chi connectivity index (χ3n) is 3.12. The van der Waals surface area contributed by atoms with Crippen LogP contribution in [0.5, 0.6) is 0 Å². The summed E-state index contributed by atoms with van der Waals surface area (Å²) in [5.41, 5.74) is 0.286. The average Bonchev–Trinajstić information content (AvgIpc) is 2.43. The molecule has 0 aliphatic carbocycles. The Labute approximate surface area is 126 Å². The Hall–Kier alpha value is -1.21. The minimum atomic E-state index is -4.04. The van der Waals surface area contributed by atoms with Crippen LogP contribution in [0.3, 0.4) is 0 Å². The average molecular weight is 332 g/mol. The summed E-state index contributed by atoms with van der Waals surface area (Å²) in [6, 6.07) is 8.09. The van der Waals surface area contributed by atoms with E-state index in [4.69, 9.17) is 0 Å². The summed E-state index contributed by atoms with van der Waals surface area (Å²) in [5.74, 6) is -0.798. The molecule has 1 aromatic carbocycles. The van der Waals surface area contributed by atoms with Crippen molar-refractivity contribution in [3.05, 3.63) is 35.9 Å². The fraction of sp³-hybridized carbons (Fsp3) is 0.500. The number of hydrogen-bond acceptors (Lipinski definition) is 5. The van der Waals surface area contributed by atoms with E-state index in [-0.39, 0.29) is 17.7 Å². The van der Waals surface area contributed by atoms with Crippen LogP contribution in [-0.4, -0.2) is 38.7 Å². The van der Waals surface area contributed by atoms with Crippen molar-refractivity contribution in [1.29, 1.82) is 0 Å². The summed E-state index contributed by atoms with van der Waals surface area (Å²) in [4.78, 5) is 12.4. The molecule has 21 heavy (non-hydrogen) atoms. The molecule has 0 fully saturated rings. The SMILES string of the molecule is CCCC(C(=O)c1ccccc1)S(=O)(=O)CS(=O)(=O)CC. The maximum Gasteiger partial charge on any atom is 0.180 e. The van der Waals surface area contributed by atoms with Gasteiger partial charge in [-0.2, -0.15) is 0 Å². The highest BCUT2D eigenvalue weighted by Crippen LogP contribution is 2.18. The summed E-state index contributed by atoms with van der Waals surface area (Å²) in [6.07, 6.45) is 0.601. The number of carbonyl (C=O) groups is 1. The van der Waals surface area contributed by atoms with Gasteiger partial charge in [0.25, 0.3) is 0 Å².